The van der Waals surface area contributed by atoms with Crippen LogP contribution >= 0.6 is 0 Å². The molecule has 0 aliphatic heterocycles. The first kappa shape index (κ1) is 10.3. The van der Waals surface area contributed by atoms with Crippen LogP contribution in [0.2, 0.25) is 0 Å². The van der Waals surface area contributed by atoms with Crippen LogP contribution in [0.15, 0.2) is 36.5 Å². The molecule has 1 aliphatic rings. The van der Waals surface area contributed by atoms with E-state index >= 15 is 0 Å². The molecule has 0 spiro atoms. The average Bonchev–Trinajstić information content (AvgIpc) is 2.16. The first-order valence-electron chi connectivity index (χ1n) is 5.12. The number of rotatable bonds is 2. The molecule has 0 nitrogen and oxygen atoms in total. The molecule has 0 aromatic heterocycles. The van der Waals surface area contributed by atoms with E-state index in [1.807, 2.05) is 0 Å². The molecule has 72 valence electrons. The van der Waals surface area contributed by atoms with Crippen molar-refractivity contribution in [2.24, 2.45) is 11.8 Å². The molecule has 1 aliphatic carbocycles. The van der Waals surface area contributed by atoms with E-state index in [9.17, 15) is 0 Å². The first-order chi connectivity index (χ1) is 6.19. The van der Waals surface area contributed by atoms with Gasteiger partial charge in [0, 0.05) is 0 Å². The second-order valence-electron chi connectivity index (χ2n) is 4.02. The average molecular weight is 176 g/mol. The molecule has 0 aromatic carbocycles. The SMILES string of the molecule is C=C[C@H]1C[C@@H](C(=C)C)CC/C1=C/C. The van der Waals surface area contributed by atoms with Crippen molar-refractivity contribution in [1.82, 2.24) is 0 Å². The summed E-state index contributed by atoms with van der Waals surface area (Å²) in [5.74, 6) is 1.31. The predicted molar refractivity (Wildman–Crippen MR) is 59.6 cm³/mol. The van der Waals surface area contributed by atoms with Crippen molar-refractivity contribution in [3.63, 3.8) is 0 Å². The van der Waals surface area contributed by atoms with Crippen LogP contribution in [0.4, 0.5) is 0 Å². The van der Waals surface area contributed by atoms with E-state index in [2.05, 4.69) is 39.2 Å². The van der Waals surface area contributed by atoms with E-state index in [1.165, 1.54) is 24.8 Å². The lowest BCUT2D eigenvalue weighted by Gasteiger charge is -2.30. The molecule has 0 aromatic rings. The van der Waals surface area contributed by atoms with E-state index in [0.29, 0.717) is 11.8 Å². The Bertz CT molecular complexity index is 232. The van der Waals surface area contributed by atoms with Gasteiger partial charge in [0.1, 0.15) is 0 Å². The summed E-state index contributed by atoms with van der Waals surface area (Å²) in [6.07, 6.45) is 8.06. The monoisotopic (exact) mass is 176 g/mol. The van der Waals surface area contributed by atoms with Crippen LogP contribution in [-0.2, 0) is 0 Å². The van der Waals surface area contributed by atoms with Crippen molar-refractivity contribution >= 4 is 0 Å². The quantitative estimate of drug-likeness (QED) is 0.555. The van der Waals surface area contributed by atoms with Gasteiger partial charge in [-0.15, -0.1) is 6.58 Å². The maximum atomic E-state index is 4.04. The summed E-state index contributed by atoms with van der Waals surface area (Å²) < 4.78 is 0. The Morgan fingerprint density at radius 3 is 2.69 bits per heavy atom. The van der Waals surface area contributed by atoms with Crippen molar-refractivity contribution in [2.45, 2.75) is 33.1 Å². The van der Waals surface area contributed by atoms with Gasteiger partial charge in [-0.1, -0.05) is 29.9 Å². The summed E-state index contributed by atoms with van der Waals surface area (Å²) >= 11 is 0. The molecule has 0 bridgehead atoms. The summed E-state index contributed by atoms with van der Waals surface area (Å²) in [6, 6.07) is 0. The number of allylic oxidation sites excluding steroid dienone is 4. The van der Waals surface area contributed by atoms with Gasteiger partial charge >= 0.3 is 0 Å². The Morgan fingerprint density at radius 1 is 1.54 bits per heavy atom. The fourth-order valence-electron chi connectivity index (χ4n) is 2.16. The van der Waals surface area contributed by atoms with Crippen molar-refractivity contribution in [2.75, 3.05) is 0 Å². The van der Waals surface area contributed by atoms with Crippen molar-refractivity contribution in [1.29, 1.82) is 0 Å². The van der Waals surface area contributed by atoms with E-state index in [0.717, 1.165) is 0 Å². The largest absolute Gasteiger partial charge is 0.102 e. The van der Waals surface area contributed by atoms with Crippen LogP contribution in [-0.4, -0.2) is 0 Å². The van der Waals surface area contributed by atoms with E-state index in [-0.39, 0.29) is 0 Å². The van der Waals surface area contributed by atoms with Gasteiger partial charge in [-0.3, -0.25) is 0 Å². The Kier molecular flexibility index (Phi) is 3.53. The molecular formula is C13H20. The Hall–Kier alpha value is -0.780. The molecule has 0 saturated heterocycles. The standard InChI is InChI=1S/C13H20/c1-5-11-7-8-13(10(3)4)9-12(11)6-2/h5-6,12-13H,2-3,7-9H2,1,4H3/b11-5-/t12-,13-/m0/s1. The van der Waals surface area contributed by atoms with Gasteiger partial charge in [0.25, 0.3) is 0 Å². The molecule has 1 saturated carbocycles. The predicted octanol–water partition coefficient (Wildman–Crippen LogP) is 4.11. The Balaban J connectivity index is 2.68. The Morgan fingerprint density at radius 2 is 2.23 bits per heavy atom. The van der Waals surface area contributed by atoms with E-state index in [1.54, 1.807) is 5.57 Å². The van der Waals surface area contributed by atoms with Crippen molar-refractivity contribution < 1.29 is 0 Å². The summed E-state index contributed by atoms with van der Waals surface area (Å²) in [5, 5.41) is 0. The van der Waals surface area contributed by atoms with Crippen LogP contribution in [0.5, 0.6) is 0 Å². The zero-order valence-corrected chi connectivity index (χ0v) is 8.84. The first-order valence-corrected chi connectivity index (χ1v) is 5.12. The van der Waals surface area contributed by atoms with Gasteiger partial charge in [-0.2, -0.15) is 0 Å². The number of hydrogen-bond donors (Lipinski definition) is 0. The second kappa shape index (κ2) is 4.45. The minimum Gasteiger partial charge on any atom is -0.102 e. The lowest BCUT2D eigenvalue weighted by molar-refractivity contribution is 0.412. The van der Waals surface area contributed by atoms with Gasteiger partial charge in [-0.05, 0) is 44.9 Å². The zero-order valence-electron chi connectivity index (χ0n) is 8.84. The molecule has 0 unspecified atom stereocenters. The molecule has 0 amide bonds. The maximum Gasteiger partial charge on any atom is -0.00204 e. The molecule has 13 heavy (non-hydrogen) atoms. The highest BCUT2D eigenvalue weighted by molar-refractivity contribution is 5.17. The van der Waals surface area contributed by atoms with Crippen molar-refractivity contribution in [3.8, 4) is 0 Å². The van der Waals surface area contributed by atoms with Crippen LogP contribution in [0, 0.1) is 11.8 Å². The lowest BCUT2D eigenvalue weighted by atomic mass is 9.75. The smallest absolute Gasteiger partial charge is 0.00204 e. The molecule has 0 N–H and O–H groups in total. The minimum atomic E-state index is 0.598. The third kappa shape index (κ3) is 2.33. The lowest BCUT2D eigenvalue weighted by Crippen LogP contribution is -2.16. The highest BCUT2D eigenvalue weighted by Gasteiger charge is 2.23. The van der Waals surface area contributed by atoms with Gasteiger partial charge < -0.3 is 0 Å². The summed E-state index contributed by atoms with van der Waals surface area (Å²) in [4.78, 5) is 0. The minimum absolute atomic E-state index is 0.598. The Labute approximate surface area is 82.0 Å². The maximum absolute atomic E-state index is 4.04. The van der Waals surface area contributed by atoms with E-state index < -0.39 is 0 Å². The molecule has 2 atom stereocenters. The molecule has 0 heterocycles. The molecule has 0 radical (unpaired) electrons. The summed E-state index contributed by atoms with van der Waals surface area (Å²) in [7, 11) is 0. The highest BCUT2D eigenvalue weighted by Crippen LogP contribution is 2.36. The van der Waals surface area contributed by atoms with Crippen LogP contribution in [0.1, 0.15) is 33.1 Å². The van der Waals surface area contributed by atoms with Gasteiger partial charge in [0.2, 0.25) is 0 Å². The molecule has 1 rings (SSSR count). The van der Waals surface area contributed by atoms with Crippen LogP contribution < -0.4 is 0 Å². The normalized spacial score (nSPS) is 31.7. The third-order valence-electron chi connectivity index (χ3n) is 3.15. The molecule has 1 fully saturated rings. The van der Waals surface area contributed by atoms with Crippen molar-refractivity contribution in [3.05, 3.63) is 36.5 Å². The third-order valence-corrected chi connectivity index (χ3v) is 3.15. The van der Waals surface area contributed by atoms with Crippen LogP contribution in [0.25, 0.3) is 0 Å². The van der Waals surface area contributed by atoms with Gasteiger partial charge in [-0.25, -0.2) is 0 Å². The fraction of sp³-hybridized carbons (Fsp3) is 0.538. The number of hydrogen-bond acceptors (Lipinski definition) is 0. The van der Waals surface area contributed by atoms with Crippen LogP contribution in [0.3, 0.4) is 0 Å². The molecule has 0 heteroatoms. The zero-order chi connectivity index (χ0) is 9.84. The highest BCUT2D eigenvalue weighted by atomic mass is 14.3. The summed E-state index contributed by atoms with van der Waals surface area (Å²) in [6.45, 7) is 12.2. The van der Waals surface area contributed by atoms with Gasteiger partial charge in [0.15, 0.2) is 0 Å². The summed E-state index contributed by atoms with van der Waals surface area (Å²) in [5.41, 5.74) is 2.90. The molecular weight excluding hydrogens is 156 g/mol. The topological polar surface area (TPSA) is 0 Å². The second-order valence-corrected chi connectivity index (χ2v) is 4.02. The van der Waals surface area contributed by atoms with Gasteiger partial charge in [0.05, 0.1) is 0 Å². The van der Waals surface area contributed by atoms with E-state index in [4.69, 9.17) is 0 Å². The fourth-order valence-corrected chi connectivity index (χ4v) is 2.16.